The van der Waals surface area contributed by atoms with Gasteiger partial charge in [0.05, 0.1) is 17.1 Å². The van der Waals surface area contributed by atoms with Gasteiger partial charge in [-0.25, -0.2) is 4.98 Å². The van der Waals surface area contributed by atoms with Gasteiger partial charge in [-0.2, -0.15) is 0 Å². The molecule has 5 rings (SSSR count). The van der Waals surface area contributed by atoms with Crippen LogP contribution in [0.1, 0.15) is 35.8 Å². The highest BCUT2D eigenvalue weighted by molar-refractivity contribution is 7.99. The molecule has 33 heavy (non-hydrogen) atoms. The molecule has 0 radical (unpaired) electrons. The molecule has 1 aliphatic carbocycles. The van der Waals surface area contributed by atoms with E-state index in [0.29, 0.717) is 11.2 Å². The molecule has 0 spiro atoms. The average Bonchev–Trinajstić information content (AvgIpc) is 3.40. The normalized spacial score (nSPS) is 13.3. The van der Waals surface area contributed by atoms with Crippen LogP contribution in [-0.2, 0) is 4.79 Å². The van der Waals surface area contributed by atoms with Crippen LogP contribution >= 0.6 is 23.1 Å². The molecule has 0 saturated heterocycles. The number of aromatic nitrogens is 4. The summed E-state index contributed by atoms with van der Waals surface area (Å²) in [6.45, 7) is 6.07. The molecule has 0 aliphatic heterocycles. The zero-order valence-corrected chi connectivity index (χ0v) is 20.5. The summed E-state index contributed by atoms with van der Waals surface area (Å²) in [4.78, 5) is 20.1. The van der Waals surface area contributed by atoms with Crippen molar-refractivity contribution in [3.05, 3.63) is 70.9 Å². The number of aryl methyl sites for hydroxylation is 3. The molecular formula is C25H25N5OS2. The molecule has 0 atom stereocenters. The molecule has 2 aromatic heterocycles. The number of thiazole rings is 1. The number of thioether (sulfide) groups is 1. The van der Waals surface area contributed by atoms with Gasteiger partial charge in [-0.05, 0) is 51.3 Å². The molecule has 6 nitrogen and oxygen atoms in total. The quantitative estimate of drug-likeness (QED) is 0.301. The Hall–Kier alpha value is -2.97. The van der Waals surface area contributed by atoms with Crippen molar-refractivity contribution in [2.24, 2.45) is 0 Å². The minimum Gasteiger partial charge on any atom is -0.303 e. The van der Waals surface area contributed by atoms with Crippen LogP contribution in [-0.4, -0.2) is 31.4 Å². The van der Waals surface area contributed by atoms with Crippen LogP contribution in [0, 0.1) is 20.8 Å². The van der Waals surface area contributed by atoms with E-state index in [1.165, 1.54) is 28.7 Å². The van der Waals surface area contributed by atoms with E-state index in [0.717, 1.165) is 46.3 Å². The lowest BCUT2D eigenvalue weighted by Gasteiger charge is -2.20. The third kappa shape index (κ3) is 4.72. The van der Waals surface area contributed by atoms with Gasteiger partial charge in [0.1, 0.15) is 5.82 Å². The van der Waals surface area contributed by atoms with Crippen LogP contribution in [0.4, 0.5) is 10.8 Å². The van der Waals surface area contributed by atoms with Crippen molar-refractivity contribution in [2.75, 3.05) is 10.7 Å². The Kier molecular flexibility index (Phi) is 6.03. The number of benzene rings is 2. The van der Waals surface area contributed by atoms with Gasteiger partial charge >= 0.3 is 0 Å². The highest BCUT2D eigenvalue weighted by Gasteiger charge is 2.29. The Morgan fingerprint density at radius 3 is 2.61 bits per heavy atom. The van der Waals surface area contributed by atoms with Crippen molar-refractivity contribution in [1.82, 2.24) is 19.7 Å². The first-order valence-electron chi connectivity index (χ1n) is 11.0. The van der Waals surface area contributed by atoms with Gasteiger partial charge in [-0.15, -0.1) is 21.5 Å². The molecule has 1 amide bonds. The number of rotatable bonds is 7. The Morgan fingerprint density at radius 1 is 1.09 bits per heavy atom. The number of hydrogen-bond acceptors (Lipinski definition) is 6. The molecule has 0 N–H and O–H groups in total. The third-order valence-electron chi connectivity index (χ3n) is 5.61. The second kappa shape index (κ2) is 9.11. The summed E-state index contributed by atoms with van der Waals surface area (Å²) < 4.78 is 2.16. The summed E-state index contributed by atoms with van der Waals surface area (Å²) in [7, 11) is 0. The first-order chi connectivity index (χ1) is 16.0. The number of carbonyl (C=O) groups excluding carboxylic acids is 1. The molecular weight excluding hydrogens is 450 g/mol. The van der Waals surface area contributed by atoms with Crippen molar-refractivity contribution >= 4 is 39.8 Å². The number of hydrogen-bond donors (Lipinski definition) is 0. The van der Waals surface area contributed by atoms with E-state index in [9.17, 15) is 4.79 Å². The number of anilines is 2. The molecule has 4 aromatic rings. The highest BCUT2D eigenvalue weighted by Crippen LogP contribution is 2.39. The fraction of sp³-hybridized carbons (Fsp3) is 0.280. The maximum absolute atomic E-state index is 13.5. The molecule has 0 bridgehead atoms. The maximum atomic E-state index is 13.5. The van der Waals surface area contributed by atoms with Crippen molar-refractivity contribution in [3.63, 3.8) is 0 Å². The predicted octanol–water partition coefficient (Wildman–Crippen LogP) is 6.12. The fourth-order valence-corrected chi connectivity index (χ4v) is 5.51. The summed E-state index contributed by atoms with van der Waals surface area (Å²) >= 11 is 2.93. The van der Waals surface area contributed by atoms with Crippen LogP contribution in [0.5, 0.6) is 0 Å². The van der Waals surface area contributed by atoms with E-state index in [4.69, 9.17) is 4.98 Å². The Labute approximate surface area is 201 Å². The zero-order valence-electron chi connectivity index (χ0n) is 18.9. The van der Waals surface area contributed by atoms with Gasteiger partial charge < -0.3 is 4.57 Å². The first-order valence-corrected chi connectivity index (χ1v) is 12.8. The van der Waals surface area contributed by atoms with Crippen LogP contribution in [0.2, 0.25) is 0 Å². The van der Waals surface area contributed by atoms with Gasteiger partial charge in [0.15, 0.2) is 10.3 Å². The third-order valence-corrected chi connectivity index (χ3v) is 7.37. The van der Waals surface area contributed by atoms with Gasteiger partial charge in [0.25, 0.3) is 0 Å². The fourth-order valence-electron chi connectivity index (χ4n) is 3.74. The number of amides is 1. The summed E-state index contributed by atoms with van der Waals surface area (Å²) in [5, 5.41) is 12.0. The minimum absolute atomic E-state index is 0.0293. The van der Waals surface area contributed by atoms with Crippen molar-refractivity contribution in [2.45, 2.75) is 44.8 Å². The van der Waals surface area contributed by atoms with E-state index < -0.39 is 0 Å². The average molecular weight is 476 g/mol. The molecule has 1 fully saturated rings. The van der Waals surface area contributed by atoms with E-state index in [1.807, 2.05) is 43.5 Å². The largest absolute Gasteiger partial charge is 0.303 e. The lowest BCUT2D eigenvalue weighted by Crippen LogP contribution is -2.27. The second-order valence-electron chi connectivity index (χ2n) is 8.37. The summed E-state index contributed by atoms with van der Waals surface area (Å²) in [6.07, 6.45) is 2.30. The molecule has 8 heteroatoms. The van der Waals surface area contributed by atoms with Crippen LogP contribution in [0.25, 0.3) is 11.3 Å². The predicted molar refractivity (Wildman–Crippen MR) is 134 cm³/mol. The van der Waals surface area contributed by atoms with Crippen molar-refractivity contribution in [1.29, 1.82) is 0 Å². The topological polar surface area (TPSA) is 63.9 Å². The standard InChI is InChI=1S/C25H25N5OS2/c1-16-7-9-19(10-8-16)22-14-32-24(26-22)30(21-6-4-5-17(2)13-21)23(31)15-33-25-28-27-18(3)29(25)20-11-12-20/h4-10,13-14,20H,11-12,15H2,1-3H3. The molecule has 1 aliphatic rings. The van der Waals surface area contributed by atoms with Gasteiger partial charge in [0.2, 0.25) is 5.91 Å². The second-order valence-corrected chi connectivity index (χ2v) is 10.1. The van der Waals surface area contributed by atoms with Gasteiger partial charge in [-0.3, -0.25) is 9.69 Å². The molecule has 1 saturated carbocycles. The van der Waals surface area contributed by atoms with Gasteiger partial charge in [-0.1, -0.05) is 53.7 Å². The van der Waals surface area contributed by atoms with Crippen LogP contribution in [0.15, 0.2) is 59.1 Å². The SMILES string of the molecule is Cc1ccc(-c2csc(N(C(=O)CSc3nnc(C)n3C3CC3)c3cccc(C)c3)n2)cc1. The monoisotopic (exact) mass is 475 g/mol. The first kappa shape index (κ1) is 21.9. The van der Waals surface area contributed by atoms with E-state index in [-0.39, 0.29) is 11.7 Å². The maximum Gasteiger partial charge on any atom is 0.243 e. The Balaban J connectivity index is 1.43. The van der Waals surface area contributed by atoms with E-state index in [2.05, 4.69) is 46.0 Å². The highest BCUT2D eigenvalue weighted by atomic mass is 32.2. The smallest absolute Gasteiger partial charge is 0.243 e. The Bertz CT molecular complexity index is 1290. The number of carbonyl (C=O) groups is 1. The van der Waals surface area contributed by atoms with Crippen molar-refractivity contribution < 1.29 is 4.79 Å². The lowest BCUT2D eigenvalue weighted by atomic mass is 10.1. The van der Waals surface area contributed by atoms with Crippen LogP contribution in [0.3, 0.4) is 0 Å². The van der Waals surface area contributed by atoms with E-state index >= 15 is 0 Å². The summed E-state index contributed by atoms with van der Waals surface area (Å²) in [5.74, 6) is 1.14. The molecule has 2 heterocycles. The van der Waals surface area contributed by atoms with Gasteiger partial charge in [0, 0.05) is 17.0 Å². The van der Waals surface area contributed by atoms with Crippen LogP contribution < -0.4 is 4.90 Å². The summed E-state index contributed by atoms with van der Waals surface area (Å²) in [6, 6.07) is 16.7. The lowest BCUT2D eigenvalue weighted by molar-refractivity contribution is -0.115. The minimum atomic E-state index is -0.0293. The molecule has 2 aromatic carbocycles. The van der Waals surface area contributed by atoms with Crippen molar-refractivity contribution in [3.8, 4) is 11.3 Å². The zero-order chi connectivity index (χ0) is 22.9. The molecule has 168 valence electrons. The number of nitrogens with zero attached hydrogens (tertiary/aromatic N) is 5. The molecule has 0 unspecified atom stereocenters. The summed E-state index contributed by atoms with van der Waals surface area (Å²) in [5.41, 5.74) is 5.04. The Morgan fingerprint density at radius 2 is 1.88 bits per heavy atom. The van der Waals surface area contributed by atoms with E-state index in [1.54, 1.807) is 4.90 Å².